The zero-order valence-electron chi connectivity index (χ0n) is 9.86. The van der Waals surface area contributed by atoms with Crippen LogP contribution in [0.2, 0.25) is 0 Å². The van der Waals surface area contributed by atoms with E-state index in [2.05, 4.69) is 4.72 Å². The lowest BCUT2D eigenvalue weighted by atomic mass is 10.2. The van der Waals surface area contributed by atoms with E-state index >= 15 is 0 Å². The minimum absolute atomic E-state index is 0.218. The van der Waals surface area contributed by atoms with Crippen LogP contribution < -0.4 is 4.72 Å². The first kappa shape index (κ1) is 13.2. The van der Waals surface area contributed by atoms with Gasteiger partial charge in [-0.1, -0.05) is 43.2 Å². The van der Waals surface area contributed by atoms with E-state index in [0.717, 1.165) is 12.0 Å². The number of hydrogen-bond donors (Lipinski definition) is 1. The maximum absolute atomic E-state index is 11.5. The molecule has 3 nitrogen and oxygen atoms in total. The number of hydrogen-bond acceptors (Lipinski definition) is 2. The van der Waals surface area contributed by atoms with Gasteiger partial charge in [0.2, 0.25) is 10.0 Å². The summed E-state index contributed by atoms with van der Waals surface area (Å²) in [6.07, 6.45) is 1.61. The molecule has 0 aliphatic heterocycles. The van der Waals surface area contributed by atoms with Gasteiger partial charge in [-0.3, -0.25) is 0 Å². The zero-order chi connectivity index (χ0) is 12.0. The van der Waals surface area contributed by atoms with E-state index in [1.54, 1.807) is 0 Å². The summed E-state index contributed by atoms with van der Waals surface area (Å²) in [6.45, 7) is 4.37. The standard InChI is InChI=1S/C12H19NO2S/c1-3-4-9-16(14,15)13-10-12-7-5-11(2)6-8-12/h5-8,13H,3-4,9-10H2,1-2H3. The number of unbranched alkanes of at least 4 members (excludes halogenated alkanes) is 1. The van der Waals surface area contributed by atoms with Crippen molar-refractivity contribution in [3.05, 3.63) is 35.4 Å². The summed E-state index contributed by atoms with van der Waals surface area (Å²) in [5, 5.41) is 0. The molecular weight excluding hydrogens is 222 g/mol. The second kappa shape index (κ2) is 6.01. The van der Waals surface area contributed by atoms with Gasteiger partial charge in [-0.2, -0.15) is 0 Å². The number of aryl methyl sites for hydroxylation is 1. The van der Waals surface area contributed by atoms with E-state index < -0.39 is 10.0 Å². The quantitative estimate of drug-likeness (QED) is 0.830. The molecule has 0 fully saturated rings. The molecule has 1 N–H and O–H groups in total. The second-order valence-corrected chi connectivity index (χ2v) is 5.91. The minimum Gasteiger partial charge on any atom is -0.212 e. The highest BCUT2D eigenvalue weighted by Crippen LogP contribution is 2.03. The van der Waals surface area contributed by atoms with Gasteiger partial charge in [-0.25, -0.2) is 13.1 Å². The topological polar surface area (TPSA) is 46.2 Å². The van der Waals surface area contributed by atoms with Crippen molar-refractivity contribution in [2.75, 3.05) is 5.75 Å². The molecule has 0 bridgehead atoms. The predicted molar refractivity (Wildman–Crippen MR) is 66.7 cm³/mol. The van der Waals surface area contributed by atoms with E-state index in [0.29, 0.717) is 13.0 Å². The van der Waals surface area contributed by atoms with Gasteiger partial charge in [0.25, 0.3) is 0 Å². The lowest BCUT2D eigenvalue weighted by molar-refractivity contribution is 0.578. The molecule has 0 radical (unpaired) electrons. The van der Waals surface area contributed by atoms with E-state index in [1.807, 2.05) is 38.1 Å². The molecule has 1 aromatic rings. The van der Waals surface area contributed by atoms with Gasteiger partial charge in [0.05, 0.1) is 5.75 Å². The molecule has 0 heterocycles. The normalized spacial score (nSPS) is 11.6. The van der Waals surface area contributed by atoms with Crippen LogP contribution in [-0.4, -0.2) is 14.2 Å². The Morgan fingerprint density at radius 2 is 1.81 bits per heavy atom. The van der Waals surface area contributed by atoms with Crippen LogP contribution in [0.1, 0.15) is 30.9 Å². The monoisotopic (exact) mass is 241 g/mol. The zero-order valence-corrected chi connectivity index (χ0v) is 10.7. The molecule has 0 aromatic heterocycles. The maximum atomic E-state index is 11.5. The second-order valence-electron chi connectivity index (χ2n) is 3.98. The Labute approximate surface area is 97.9 Å². The van der Waals surface area contributed by atoms with Gasteiger partial charge < -0.3 is 0 Å². The Hall–Kier alpha value is -0.870. The molecule has 0 atom stereocenters. The molecule has 0 spiro atoms. The highest BCUT2D eigenvalue weighted by molar-refractivity contribution is 7.89. The van der Waals surface area contributed by atoms with Crippen LogP contribution in [0.15, 0.2) is 24.3 Å². The molecule has 0 amide bonds. The molecule has 16 heavy (non-hydrogen) atoms. The van der Waals surface area contributed by atoms with E-state index in [1.165, 1.54) is 5.56 Å². The highest BCUT2D eigenvalue weighted by atomic mass is 32.2. The number of nitrogens with one attached hydrogen (secondary N) is 1. The van der Waals surface area contributed by atoms with Gasteiger partial charge >= 0.3 is 0 Å². The van der Waals surface area contributed by atoms with Crippen LogP contribution in [0, 0.1) is 6.92 Å². The highest BCUT2D eigenvalue weighted by Gasteiger charge is 2.08. The maximum Gasteiger partial charge on any atom is 0.211 e. The van der Waals surface area contributed by atoms with Crippen molar-refractivity contribution in [2.45, 2.75) is 33.2 Å². The Kier molecular flexibility index (Phi) is 4.96. The smallest absolute Gasteiger partial charge is 0.211 e. The third-order valence-corrected chi connectivity index (χ3v) is 3.79. The summed E-state index contributed by atoms with van der Waals surface area (Å²) in [7, 11) is -3.10. The van der Waals surface area contributed by atoms with Crippen LogP contribution >= 0.6 is 0 Å². The van der Waals surface area contributed by atoms with E-state index in [4.69, 9.17) is 0 Å². The first-order chi connectivity index (χ1) is 7.53. The summed E-state index contributed by atoms with van der Waals surface area (Å²) >= 11 is 0. The molecule has 0 aliphatic carbocycles. The van der Waals surface area contributed by atoms with Crippen LogP contribution in [0.25, 0.3) is 0 Å². The Balaban J connectivity index is 2.48. The van der Waals surface area contributed by atoms with Crippen LogP contribution in [-0.2, 0) is 16.6 Å². The summed E-state index contributed by atoms with van der Waals surface area (Å²) in [6, 6.07) is 7.85. The summed E-state index contributed by atoms with van der Waals surface area (Å²) in [5.74, 6) is 0.218. The van der Waals surface area contributed by atoms with Crippen molar-refractivity contribution < 1.29 is 8.42 Å². The molecule has 0 saturated carbocycles. The number of sulfonamides is 1. The lowest BCUT2D eigenvalue weighted by Crippen LogP contribution is -2.25. The van der Waals surface area contributed by atoms with Gasteiger partial charge in [0.1, 0.15) is 0 Å². The van der Waals surface area contributed by atoms with E-state index in [-0.39, 0.29) is 5.75 Å². The Morgan fingerprint density at radius 1 is 1.19 bits per heavy atom. The summed E-state index contributed by atoms with van der Waals surface area (Å²) in [4.78, 5) is 0. The van der Waals surface area contributed by atoms with Gasteiger partial charge in [0, 0.05) is 6.54 Å². The molecule has 0 saturated heterocycles. The van der Waals surface area contributed by atoms with Gasteiger partial charge in [-0.15, -0.1) is 0 Å². The average molecular weight is 241 g/mol. The number of benzene rings is 1. The fraction of sp³-hybridized carbons (Fsp3) is 0.500. The first-order valence-corrected chi connectivity index (χ1v) is 7.21. The molecule has 1 aromatic carbocycles. The number of rotatable bonds is 6. The molecule has 0 unspecified atom stereocenters. The summed E-state index contributed by atoms with van der Waals surface area (Å²) in [5.41, 5.74) is 2.17. The van der Waals surface area contributed by atoms with Crippen molar-refractivity contribution in [3.8, 4) is 0 Å². The fourth-order valence-electron chi connectivity index (χ4n) is 1.31. The van der Waals surface area contributed by atoms with Crippen LogP contribution in [0.3, 0.4) is 0 Å². The predicted octanol–water partition coefficient (Wildman–Crippen LogP) is 2.21. The third kappa shape index (κ3) is 4.77. The van der Waals surface area contributed by atoms with Crippen LogP contribution in [0.5, 0.6) is 0 Å². The van der Waals surface area contributed by atoms with Crippen molar-refractivity contribution in [2.24, 2.45) is 0 Å². The molecular formula is C12H19NO2S. The Morgan fingerprint density at radius 3 is 2.38 bits per heavy atom. The van der Waals surface area contributed by atoms with E-state index in [9.17, 15) is 8.42 Å². The van der Waals surface area contributed by atoms with Crippen molar-refractivity contribution in [1.29, 1.82) is 0 Å². The summed E-state index contributed by atoms with van der Waals surface area (Å²) < 4.78 is 25.6. The molecule has 1 rings (SSSR count). The molecule has 0 aliphatic rings. The SMILES string of the molecule is CCCCS(=O)(=O)NCc1ccc(C)cc1. The van der Waals surface area contributed by atoms with Crippen molar-refractivity contribution >= 4 is 10.0 Å². The lowest BCUT2D eigenvalue weighted by Gasteiger charge is -2.06. The average Bonchev–Trinajstić information content (AvgIpc) is 2.26. The van der Waals surface area contributed by atoms with Crippen molar-refractivity contribution in [1.82, 2.24) is 4.72 Å². The largest absolute Gasteiger partial charge is 0.212 e. The Bertz CT molecular complexity index is 409. The van der Waals surface area contributed by atoms with Gasteiger partial charge in [0.15, 0.2) is 0 Å². The first-order valence-electron chi connectivity index (χ1n) is 5.56. The van der Waals surface area contributed by atoms with Crippen molar-refractivity contribution in [3.63, 3.8) is 0 Å². The fourth-order valence-corrected chi connectivity index (χ4v) is 2.51. The molecule has 4 heteroatoms. The minimum atomic E-state index is -3.10. The van der Waals surface area contributed by atoms with Gasteiger partial charge in [-0.05, 0) is 18.9 Å². The van der Waals surface area contributed by atoms with Crippen LogP contribution in [0.4, 0.5) is 0 Å². The molecule has 90 valence electrons. The third-order valence-electron chi connectivity index (χ3n) is 2.38.